The Bertz CT molecular complexity index is 1290. The number of carbonyl (C=O) groups is 1. The fourth-order valence-corrected chi connectivity index (χ4v) is 5.67. The predicted molar refractivity (Wildman–Crippen MR) is 134 cm³/mol. The Labute approximate surface area is 210 Å². The van der Waals surface area contributed by atoms with Gasteiger partial charge in [0.2, 0.25) is 0 Å². The van der Waals surface area contributed by atoms with Crippen molar-refractivity contribution in [1.82, 2.24) is 34.9 Å². The first-order valence-electron chi connectivity index (χ1n) is 11.4. The summed E-state index contributed by atoms with van der Waals surface area (Å²) in [4.78, 5) is 23.4. The van der Waals surface area contributed by atoms with E-state index in [9.17, 15) is 9.18 Å². The summed E-state index contributed by atoms with van der Waals surface area (Å²) in [6, 6.07) is 10.2. The van der Waals surface area contributed by atoms with Crippen LogP contribution in [0.4, 0.5) is 4.39 Å². The second-order valence-electron chi connectivity index (χ2n) is 8.05. The number of halogens is 1. The third-order valence-electron chi connectivity index (χ3n) is 5.69. The Balaban J connectivity index is 1.29. The highest BCUT2D eigenvalue weighted by molar-refractivity contribution is 7.98. The van der Waals surface area contributed by atoms with E-state index in [-0.39, 0.29) is 11.7 Å². The van der Waals surface area contributed by atoms with Crippen LogP contribution in [0.1, 0.15) is 28.3 Å². The monoisotopic (exact) mass is 509 g/mol. The molecule has 0 bridgehead atoms. The fraction of sp³-hybridized carbons (Fsp3) is 0.292. The largest absolute Gasteiger partial charge is 0.349 e. The zero-order valence-electron chi connectivity index (χ0n) is 18.9. The molecule has 35 heavy (non-hydrogen) atoms. The molecule has 180 valence electrons. The molecule has 1 amide bonds. The lowest BCUT2D eigenvalue weighted by Crippen LogP contribution is -2.33. The summed E-state index contributed by atoms with van der Waals surface area (Å²) >= 11 is 2.82. The van der Waals surface area contributed by atoms with Gasteiger partial charge in [0.1, 0.15) is 16.5 Å². The van der Waals surface area contributed by atoms with Gasteiger partial charge in [-0.2, -0.15) is 0 Å². The van der Waals surface area contributed by atoms with Crippen LogP contribution in [-0.2, 0) is 5.75 Å². The Hall–Kier alpha value is -3.15. The van der Waals surface area contributed by atoms with E-state index in [4.69, 9.17) is 0 Å². The van der Waals surface area contributed by atoms with Crippen LogP contribution in [-0.4, -0.2) is 61.7 Å². The molecule has 1 saturated heterocycles. The van der Waals surface area contributed by atoms with Gasteiger partial charge >= 0.3 is 0 Å². The number of benzene rings is 1. The van der Waals surface area contributed by atoms with Gasteiger partial charge < -0.3 is 10.2 Å². The first-order chi connectivity index (χ1) is 17.2. The number of hydrogen-bond donors (Lipinski definition) is 1. The molecule has 0 radical (unpaired) electrons. The quantitative estimate of drug-likeness (QED) is 0.341. The number of amides is 1. The maximum atomic E-state index is 14.7. The predicted octanol–water partition coefficient (Wildman–Crippen LogP) is 4.04. The number of thiazole rings is 1. The number of carbonyl (C=O) groups excluding carboxylic acids is 1. The number of rotatable bonds is 9. The summed E-state index contributed by atoms with van der Waals surface area (Å²) < 4.78 is 16.4. The van der Waals surface area contributed by atoms with E-state index >= 15 is 0 Å². The van der Waals surface area contributed by atoms with Gasteiger partial charge in [0.15, 0.2) is 11.0 Å². The lowest BCUT2D eigenvalue weighted by molar-refractivity contribution is 0.0945. The molecule has 0 saturated carbocycles. The lowest BCUT2D eigenvalue weighted by Gasteiger charge is -2.14. The Morgan fingerprint density at radius 1 is 1.11 bits per heavy atom. The molecule has 1 aromatic carbocycles. The normalized spacial score (nSPS) is 13.9. The number of thioether (sulfide) groups is 1. The van der Waals surface area contributed by atoms with Crippen LogP contribution >= 0.6 is 23.1 Å². The summed E-state index contributed by atoms with van der Waals surface area (Å²) in [6.07, 6.45) is 5.79. The molecule has 8 nitrogen and oxygen atoms in total. The minimum absolute atomic E-state index is 0.161. The van der Waals surface area contributed by atoms with Gasteiger partial charge in [-0.05, 0) is 50.2 Å². The molecule has 0 aliphatic carbocycles. The second-order valence-corrected chi connectivity index (χ2v) is 9.93. The average molecular weight is 510 g/mol. The maximum Gasteiger partial charge on any atom is 0.270 e. The molecule has 1 fully saturated rings. The average Bonchev–Trinajstić information content (AvgIpc) is 3.65. The minimum atomic E-state index is -0.369. The highest BCUT2D eigenvalue weighted by Crippen LogP contribution is 2.31. The minimum Gasteiger partial charge on any atom is -0.349 e. The summed E-state index contributed by atoms with van der Waals surface area (Å²) in [5.74, 6) is 0.476. The number of para-hydroxylation sites is 1. The molecule has 0 atom stereocenters. The van der Waals surface area contributed by atoms with Crippen molar-refractivity contribution in [3.8, 4) is 17.1 Å². The molecule has 1 aliphatic heterocycles. The van der Waals surface area contributed by atoms with Gasteiger partial charge in [0, 0.05) is 36.4 Å². The van der Waals surface area contributed by atoms with E-state index in [1.807, 2.05) is 12.1 Å². The van der Waals surface area contributed by atoms with Crippen molar-refractivity contribution in [3.63, 3.8) is 0 Å². The summed E-state index contributed by atoms with van der Waals surface area (Å²) in [6.45, 7) is 3.69. The van der Waals surface area contributed by atoms with Gasteiger partial charge in [-0.25, -0.2) is 9.37 Å². The molecule has 11 heteroatoms. The second kappa shape index (κ2) is 11.1. The third kappa shape index (κ3) is 5.58. The number of pyridine rings is 1. The highest BCUT2D eigenvalue weighted by Gasteiger charge is 2.20. The Morgan fingerprint density at radius 2 is 1.91 bits per heavy atom. The van der Waals surface area contributed by atoms with Crippen LogP contribution in [0.5, 0.6) is 0 Å². The summed E-state index contributed by atoms with van der Waals surface area (Å²) in [7, 11) is 0. The van der Waals surface area contributed by atoms with Crippen LogP contribution in [0, 0.1) is 5.82 Å². The molecule has 1 N–H and O–H groups in total. The van der Waals surface area contributed by atoms with Gasteiger partial charge in [-0.3, -0.25) is 14.3 Å². The number of nitrogens with zero attached hydrogens (tertiary/aromatic N) is 6. The molecule has 1 aliphatic rings. The molecule has 3 aromatic heterocycles. The number of nitrogens with one attached hydrogen (secondary N) is 1. The van der Waals surface area contributed by atoms with Gasteiger partial charge in [-0.1, -0.05) is 23.9 Å². The standard InChI is InChI=1S/C24H24FN7OS2/c25-18-5-1-2-6-20(18)32-22(17-7-9-26-10-8-17)29-30-24(32)35-16-21-28-19(15-34-21)23(33)27-11-14-31-12-3-4-13-31/h1-2,5-10,15H,3-4,11-14,16H2,(H,27,33). The van der Waals surface area contributed by atoms with Crippen molar-refractivity contribution >= 4 is 29.0 Å². The van der Waals surface area contributed by atoms with Gasteiger partial charge in [-0.15, -0.1) is 21.5 Å². The maximum absolute atomic E-state index is 14.7. The van der Waals surface area contributed by atoms with E-state index in [1.165, 1.54) is 42.0 Å². The first kappa shape index (κ1) is 23.6. The topological polar surface area (TPSA) is 88.8 Å². The van der Waals surface area contributed by atoms with Crippen molar-refractivity contribution in [2.45, 2.75) is 23.8 Å². The van der Waals surface area contributed by atoms with Crippen molar-refractivity contribution < 1.29 is 9.18 Å². The Kier molecular flexibility index (Phi) is 7.45. The molecule has 0 spiro atoms. The van der Waals surface area contributed by atoms with E-state index in [0.717, 1.165) is 30.2 Å². The SMILES string of the molecule is O=C(NCCN1CCCC1)c1csc(CSc2nnc(-c3ccncc3)n2-c2ccccc2F)n1. The van der Waals surface area contributed by atoms with Crippen LogP contribution in [0.2, 0.25) is 0 Å². The third-order valence-corrected chi connectivity index (χ3v) is 7.66. The fourth-order valence-electron chi connectivity index (χ4n) is 3.93. The van der Waals surface area contributed by atoms with Crippen LogP contribution in [0.3, 0.4) is 0 Å². The van der Waals surface area contributed by atoms with Crippen molar-refractivity contribution in [2.24, 2.45) is 0 Å². The van der Waals surface area contributed by atoms with Crippen molar-refractivity contribution in [1.29, 1.82) is 0 Å². The number of likely N-dealkylation sites (tertiary alicyclic amines) is 1. The van der Waals surface area contributed by atoms with E-state index < -0.39 is 0 Å². The molecule has 0 unspecified atom stereocenters. The molecule has 4 aromatic rings. The zero-order valence-corrected chi connectivity index (χ0v) is 20.6. The van der Waals surface area contributed by atoms with E-state index in [1.54, 1.807) is 40.5 Å². The summed E-state index contributed by atoms with van der Waals surface area (Å²) in [5, 5.41) is 14.7. The molecule has 5 rings (SSSR count). The first-order valence-corrected chi connectivity index (χ1v) is 13.2. The van der Waals surface area contributed by atoms with Crippen molar-refractivity contribution in [3.05, 3.63) is 70.7 Å². The molecular formula is C24H24FN7OS2. The molecular weight excluding hydrogens is 485 g/mol. The highest BCUT2D eigenvalue weighted by atomic mass is 32.2. The van der Waals surface area contributed by atoms with E-state index in [2.05, 4.69) is 30.4 Å². The van der Waals surface area contributed by atoms with Crippen LogP contribution in [0.25, 0.3) is 17.1 Å². The van der Waals surface area contributed by atoms with Gasteiger partial charge in [0.25, 0.3) is 5.91 Å². The Morgan fingerprint density at radius 3 is 2.71 bits per heavy atom. The van der Waals surface area contributed by atoms with Crippen molar-refractivity contribution in [2.75, 3.05) is 26.2 Å². The van der Waals surface area contributed by atoms with Gasteiger partial charge in [0.05, 0.1) is 11.4 Å². The van der Waals surface area contributed by atoms with Crippen LogP contribution in [0.15, 0.2) is 59.3 Å². The number of aromatic nitrogens is 5. The number of hydrogen-bond acceptors (Lipinski definition) is 8. The van der Waals surface area contributed by atoms with Crippen LogP contribution < -0.4 is 5.32 Å². The summed E-state index contributed by atoms with van der Waals surface area (Å²) in [5.41, 5.74) is 1.56. The zero-order chi connectivity index (χ0) is 24.0. The lowest BCUT2D eigenvalue weighted by atomic mass is 10.2. The molecule has 4 heterocycles. The van der Waals surface area contributed by atoms with E-state index in [0.29, 0.717) is 34.7 Å². The smallest absolute Gasteiger partial charge is 0.270 e.